The first kappa shape index (κ1) is 12.3. The second kappa shape index (κ2) is 5.38. The summed E-state index contributed by atoms with van der Waals surface area (Å²) in [5.74, 6) is 3.17. The summed E-state index contributed by atoms with van der Waals surface area (Å²) in [5, 5.41) is -0.197. The predicted molar refractivity (Wildman–Crippen MR) is 59.3 cm³/mol. The van der Waals surface area contributed by atoms with Gasteiger partial charge in [0.2, 0.25) is 0 Å². The third-order valence-corrected chi connectivity index (χ3v) is 2.06. The van der Waals surface area contributed by atoms with Crippen LogP contribution in [-0.2, 0) is 9.53 Å². The van der Waals surface area contributed by atoms with E-state index in [1.165, 1.54) is 12.1 Å². The van der Waals surface area contributed by atoms with E-state index in [-0.39, 0.29) is 22.9 Å². The Morgan fingerprint density at radius 1 is 1.62 bits per heavy atom. The van der Waals surface area contributed by atoms with E-state index in [4.69, 9.17) is 17.3 Å². The Kier molecular flexibility index (Phi) is 4.15. The molecule has 3 nitrogen and oxygen atoms in total. The molecule has 0 aliphatic heterocycles. The third kappa shape index (κ3) is 2.88. The van der Waals surface area contributed by atoms with E-state index in [9.17, 15) is 9.18 Å². The molecule has 0 heterocycles. The van der Waals surface area contributed by atoms with Crippen molar-refractivity contribution in [2.75, 3.05) is 12.3 Å². The first-order valence-electron chi connectivity index (χ1n) is 4.48. The van der Waals surface area contributed by atoms with Crippen LogP contribution in [0.3, 0.4) is 0 Å². The van der Waals surface area contributed by atoms with Crippen LogP contribution in [0.15, 0.2) is 12.1 Å². The van der Waals surface area contributed by atoms with Crippen molar-refractivity contribution in [2.45, 2.75) is 6.92 Å². The molecule has 0 fully saturated rings. The number of anilines is 1. The highest BCUT2D eigenvalue weighted by Gasteiger charge is 2.07. The maximum Gasteiger partial charge on any atom is 0.384 e. The van der Waals surface area contributed by atoms with E-state index < -0.39 is 11.8 Å². The minimum atomic E-state index is -0.739. The van der Waals surface area contributed by atoms with Gasteiger partial charge in [-0.15, -0.1) is 0 Å². The van der Waals surface area contributed by atoms with Crippen LogP contribution in [0, 0.1) is 17.7 Å². The lowest BCUT2D eigenvalue weighted by molar-refractivity contribution is -0.136. The molecule has 84 valence electrons. The van der Waals surface area contributed by atoms with Gasteiger partial charge in [-0.2, -0.15) is 0 Å². The average Bonchev–Trinajstić information content (AvgIpc) is 2.25. The fraction of sp³-hybridized carbons (Fsp3) is 0.182. The molecule has 1 aromatic rings. The van der Waals surface area contributed by atoms with Crippen LogP contribution in [0.25, 0.3) is 0 Å². The smallest absolute Gasteiger partial charge is 0.384 e. The molecule has 0 saturated heterocycles. The molecule has 0 bridgehead atoms. The molecule has 16 heavy (non-hydrogen) atoms. The lowest BCUT2D eigenvalue weighted by atomic mass is 10.2. The zero-order valence-electron chi connectivity index (χ0n) is 8.51. The molecular weight excluding hydrogens is 233 g/mol. The number of hydrogen-bond donors (Lipinski definition) is 1. The topological polar surface area (TPSA) is 52.3 Å². The normalized spacial score (nSPS) is 9.19. The SMILES string of the molecule is CCOC(=O)C#Cc1ccc(N)c(F)c1Cl. The van der Waals surface area contributed by atoms with Crippen LogP contribution in [0.5, 0.6) is 0 Å². The number of carbonyl (C=O) groups is 1. The van der Waals surface area contributed by atoms with Crippen LogP contribution < -0.4 is 5.73 Å². The molecular formula is C11H9ClFNO2. The van der Waals surface area contributed by atoms with Gasteiger partial charge in [0.25, 0.3) is 0 Å². The Bertz CT molecular complexity index is 477. The highest BCUT2D eigenvalue weighted by Crippen LogP contribution is 2.23. The Morgan fingerprint density at radius 2 is 2.31 bits per heavy atom. The lowest BCUT2D eigenvalue weighted by Crippen LogP contribution is -2.00. The first-order chi connectivity index (χ1) is 7.56. The molecule has 0 radical (unpaired) electrons. The van der Waals surface area contributed by atoms with Crippen LogP contribution in [0.1, 0.15) is 12.5 Å². The van der Waals surface area contributed by atoms with Crippen LogP contribution in [-0.4, -0.2) is 12.6 Å². The van der Waals surface area contributed by atoms with E-state index >= 15 is 0 Å². The standard InChI is InChI=1S/C11H9ClFNO2/c1-2-16-9(15)6-4-7-3-5-8(14)11(13)10(7)12/h3,5H,2,14H2,1H3. The van der Waals surface area contributed by atoms with Gasteiger partial charge in [0.15, 0.2) is 5.82 Å². The second-order valence-electron chi connectivity index (χ2n) is 2.80. The maximum absolute atomic E-state index is 13.2. The van der Waals surface area contributed by atoms with Gasteiger partial charge in [-0.3, -0.25) is 0 Å². The number of rotatable bonds is 1. The zero-order valence-corrected chi connectivity index (χ0v) is 9.27. The molecule has 0 saturated carbocycles. The summed E-state index contributed by atoms with van der Waals surface area (Å²) >= 11 is 5.65. The molecule has 5 heteroatoms. The van der Waals surface area contributed by atoms with E-state index in [0.29, 0.717) is 0 Å². The van der Waals surface area contributed by atoms with Crippen molar-refractivity contribution in [3.63, 3.8) is 0 Å². The summed E-state index contributed by atoms with van der Waals surface area (Å²) in [6.07, 6.45) is 0. The molecule has 1 aromatic carbocycles. The van der Waals surface area contributed by atoms with Crippen molar-refractivity contribution in [3.05, 3.63) is 28.5 Å². The summed E-state index contributed by atoms with van der Waals surface area (Å²) in [6, 6.07) is 2.77. The summed E-state index contributed by atoms with van der Waals surface area (Å²) in [5.41, 5.74) is 5.43. The number of esters is 1. The van der Waals surface area contributed by atoms with Gasteiger partial charge in [0.1, 0.15) is 0 Å². The van der Waals surface area contributed by atoms with Gasteiger partial charge >= 0.3 is 5.97 Å². The van der Waals surface area contributed by atoms with Crippen LogP contribution in [0.2, 0.25) is 5.02 Å². The van der Waals surface area contributed by atoms with Gasteiger partial charge < -0.3 is 10.5 Å². The van der Waals surface area contributed by atoms with E-state index in [1.807, 2.05) is 0 Å². The van der Waals surface area contributed by atoms with Gasteiger partial charge in [-0.05, 0) is 19.1 Å². The zero-order chi connectivity index (χ0) is 12.1. The molecule has 0 unspecified atom stereocenters. The maximum atomic E-state index is 13.2. The van der Waals surface area contributed by atoms with E-state index in [0.717, 1.165) is 0 Å². The molecule has 1 rings (SSSR count). The highest BCUT2D eigenvalue weighted by atomic mass is 35.5. The average molecular weight is 242 g/mol. The lowest BCUT2D eigenvalue weighted by Gasteiger charge is -2.00. The highest BCUT2D eigenvalue weighted by molar-refractivity contribution is 6.32. The van der Waals surface area contributed by atoms with E-state index in [1.54, 1.807) is 6.92 Å². The van der Waals surface area contributed by atoms with Crippen molar-refractivity contribution < 1.29 is 13.9 Å². The Labute approximate surface area is 97.3 Å². The monoisotopic (exact) mass is 241 g/mol. The number of carbonyl (C=O) groups excluding carboxylic acids is 1. The summed E-state index contributed by atoms with van der Waals surface area (Å²) in [6.45, 7) is 1.90. The number of nitrogen functional groups attached to an aromatic ring is 1. The van der Waals surface area contributed by atoms with Gasteiger partial charge in [0, 0.05) is 11.5 Å². The quantitative estimate of drug-likeness (QED) is 0.465. The number of ether oxygens (including phenoxy) is 1. The number of benzene rings is 1. The van der Waals surface area contributed by atoms with Crippen LogP contribution >= 0.6 is 11.6 Å². The van der Waals surface area contributed by atoms with Crippen molar-refractivity contribution in [1.29, 1.82) is 0 Å². The minimum Gasteiger partial charge on any atom is -0.456 e. The first-order valence-corrected chi connectivity index (χ1v) is 4.86. The van der Waals surface area contributed by atoms with Crippen molar-refractivity contribution in [3.8, 4) is 11.8 Å². The Balaban J connectivity index is 2.98. The molecule has 0 aliphatic carbocycles. The fourth-order valence-corrected chi connectivity index (χ4v) is 1.17. The molecule has 0 amide bonds. The Morgan fingerprint density at radius 3 is 2.94 bits per heavy atom. The molecule has 0 atom stereocenters. The van der Waals surface area contributed by atoms with Gasteiger partial charge in [0.05, 0.1) is 17.3 Å². The second-order valence-corrected chi connectivity index (χ2v) is 3.18. The Hall–Kier alpha value is -1.73. The fourth-order valence-electron chi connectivity index (χ4n) is 0.946. The molecule has 0 aromatic heterocycles. The third-order valence-electron chi connectivity index (χ3n) is 1.69. The number of halogens is 2. The van der Waals surface area contributed by atoms with E-state index in [2.05, 4.69) is 16.6 Å². The van der Waals surface area contributed by atoms with Crippen LogP contribution in [0.4, 0.5) is 10.1 Å². The number of hydrogen-bond acceptors (Lipinski definition) is 3. The van der Waals surface area contributed by atoms with Crippen molar-refractivity contribution in [1.82, 2.24) is 0 Å². The molecule has 0 aliphatic rings. The van der Waals surface area contributed by atoms with Crippen molar-refractivity contribution >= 4 is 23.3 Å². The summed E-state index contributed by atoms with van der Waals surface area (Å²) in [4.78, 5) is 10.9. The minimum absolute atomic E-state index is 0.0633. The van der Waals surface area contributed by atoms with Gasteiger partial charge in [-0.1, -0.05) is 17.5 Å². The number of nitrogens with two attached hydrogens (primary N) is 1. The predicted octanol–water partition coefficient (Wildman–Crippen LogP) is 1.98. The largest absolute Gasteiger partial charge is 0.456 e. The summed E-state index contributed by atoms with van der Waals surface area (Å²) < 4.78 is 17.8. The molecule has 0 spiro atoms. The summed E-state index contributed by atoms with van der Waals surface area (Å²) in [7, 11) is 0. The van der Waals surface area contributed by atoms with Gasteiger partial charge in [-0.25, -0.2) is 9.18 Å². The van der Waals surface area contributed by atoms with Crippen molar-refractivity contribution in [2.24, 2.45) is 0 Å². The molecule has 2 N–H and O–H groups in total.